The lowest BCUT2D eigenvalue weighted by molar-refractivity contribution is -0.135. The molecular weight excluding hydrogens is 558 g/mol. The number of ether oxygens (including phenoxy) is 2. The first kappa shape index (κ1) is 35.3. The van der Waals surface area contributed by atoms with Crippen molar-refractivity contribution < 1.29 is 39.0 Å². The Morgan fingerprint density at radius 2 is 1.42 bits per heavy atom. The second kappa shape index (κ2) is 19.3. The molecular formula is C30H43N5O8. The van der Waals surface area contributed by atoms with Gasteiger partial charge in [-0.2, -0.15) is 0 Å². The maximum Gasteiger partial charge on any atom is 0.274 e. The minimum Gasteiger partial charge on any atom is -0.382 e. The van der Waals surface area contributed by atoms with Crippen LogP contribution in [0, 0.1) is 5.92 Å². The lowest BCUT2D eigenvalue weighted by Crippen LogP contribution is -2.54. The van der Waals surface area contributed by atoms with E-state index in [1.165, 1.54) is 23.7 Å². The minimum absolute atomic E-state index is 0.113. The molecule has 0 radical (unpaired) electrons. The lowest BCUT2D eigenvalue weighted by atomic mass is 10.00. The number of carbonyl (C=O) groups is 4. The third-order valence-corrected chi connectivity index (χ3v) is 6.27. The Morgan fingerprint density at radius 1 is 0.814 bits per heavy atom. The van der Waals surface area contributed by atoms with E-state index in [4.69, 9.17) is 20.4 Å². The molecule has 8 N–H and O–H groups in total. The van der Waals surface area contributed by atoms with E-state index in [2.05, 4.69) is 16.0 Å². The monoisotopic (exact) mass is 601 g/mol. The van der Waals surface area contributed by atoms with Crippen molar-refractivity contribution in [1.82, 2.24) is 21.4 Å². The van der Waals surface area contributed by atoms with Gasteiger partial charge in [0.25, 0.3) is 17.7 Å². The normalized spacial score (nSPS) is 13.1. The second-order valence-electron chi connectivity index (χ2n) is 10.3. The van der Waals surface area contributed by atoms with E-state index in [-0.39, 0.29) is 68.4 Å². The molecule has 0 aliphatic rings. The average molecular weight is 602 g/mol. The molecule has 236 valence electrons. The van der Waals surface area contributed by atoms with Crippen LogP contribution in [0.1, 0.15) is 46.5 Å². The molecule has 4 amide bonds. The number of hydrogen-bond acceptors (Lipinski definition) is 9. The molecule has 2 aromatic rings. The maximum absolute atomic E-state index is 12.7. The SMILES string of the molecule is CC(C)CC(NC(=O)C(O)C(N)Cc1ccccc1)C(=O)NCCOCCOCCNC(=O)c1cccc(C(=O)NO)c1. The smallest absolute Gasteiger partial charge is 0.274 e. The first-order valence-electron chi connectivity index (χ1n) is 14.2. The number of aliphatic hydroxyl groups excluding tert-OH is 1. The van der Waals surface area contributed by atoms with Crippen LogP contribution in [0.2, 0.25) is 0 Å². The van der Waals surface area contributed by atoms with Gasteiger partial charge in [0.1, 0.15) is 12.1 Å². The Morgan fingerprint density at radius 3 is 2.02 bits per heavy atom. The predicted octanol–water partition coefficient (Wildman–Crippen LogP) is 0.147. The molecule has 3 unspecified atom stereocenters. The van der Waals surface area contributed by atoms with E-state index in [1.807, 2.05) is 44.2 Å². The third kappa shape index (κ3) is 13.3. The van der Waals surface area contributed by atoms with E-state index in [0.29, 0.717) is 12.8 Å². The number of hydrogen-bond donors (Lipinski definition) is 7. The molecule has 0 aromatic heterocycles. The van der Waals surface area contributed by atoms with Gasteiger partial charge in [-0.05, 0) is 42.5 Å². The van der Waals surface area contributed by atoms with Gasteiger partial charge >= 0.3 is 0 Å². The Labute approximate surface area is 251 Å². The summed E-state index contributed by atoms with van der Waals surface area (Å²) in [5.41, 5.74) is 8.88. The number of nitrogens with two attached hydrogens (primary N) is 1. The molecule has 0 bridgehead atoms. The zero-order valence-electron chi connectivity index (χ0n) is 24.6. The number of carbonyl (C=O) groups excluding carboxylic acids is 4. The van der Waals surface area contributed by atoms with E-state index < -0.39 is 30.0 Å². The topological polar surface area (TPSA) is 201 Å². The number of benzene rings is 2. The van der Waals surface area contributed by atoms with Crippen molar-refractivity contribution in [2.75, 3.05) is 39.5 Å². The van der Waals surface area contributed by atoms with Gasteiger partial charge in [-0.25, -0.2) is 5.48 Å². The van der Waals surface area contributed by atoms with Crippen molar-refractivity contribution >= 4 is 23.6 Å². The van der Waals surface area contributed by atoms with E-state index in [0.717, 1.165) is 5.56 Å². The summed E-state index contributed by atoms with van der Waals surface area (Å²) in [5.74, 6) is -2.07. The zero-order valence-corrected chi connectivity index (χ0v) is 24.6. The van der Waals surface area contributed by atoms with Gasteiger partial charge in [0.05, 0.1) is 26.4 Å². The Kier molecular flexibility index (Phi) is 15.9. The van der Waals surface area contributed by atoms with Crippen LogP contribution in [0.15, 0.2) is 54.6 Å². The highest BCUT2D eigenvalue weighted by Gasteiger charge is 2.28. The molecule has 0 fully saturated rings. The highest BCUT2D eigenvalue weighted by molar-refractivity contribution is 5.99. The number of aliphatic hydroxyl groups is 1. The molecule has 0 saturated heterocycles. The van der Waals surface area contributed by atoms with Crippen LogP contribution in [-0.4, -0.2) is 91.6 Å². The summed E-state index contributed by atoms with van der Waals surface area (Å²) in [5, 5.41) is 27.2. The molecule has 43 heavy (non-hydrogen) atoms. The van der Waals surface area contributed by atoms with Crippen LogP contribution >= 0.6 is 0 Å². The standard InChI is InChI=1S/C30H43N5O8/c1-20(2)17-25(34-30(40)26(36)24(31)18-21-7-4-3-5-8-21)29(39)33-12-14-43-16-15-42-13-11-32-27(37)22-9-6-10-23(19-22)28(38)35-41/h3-10,19-20,24-26,36,41H,11-18,31H2,1-2H3,(H,32,37)(H,33,39)(H,34,40)(H,35,38). The van der Waals surface area contributed by atoms with Crippen LogP contribution < -0.4 is 27.2 Å². The summed E-state index contributed by atoms with van der Waals surface area (Å²) in [6.07, 6.45) is -0.772. The molecule has 13 heteroatoms. The van der Waals surface area contributed by atoms with Crippen molar-refractivity contribution in [2.45, 2.75) is 44.9 Å². The zero-order chi connectivity index (χ0) is 31.6. The Balaban J connectivity index is 1.62. The molecule has 0 spiro atoms. The van der Waals surface area contributed by atoms with Gasteiger partial charge < -0.3 is 36.3 Å². The molecule has 2 rings (SSSR count). The van der Waals surface area contributed by atoms with Gasteiger partial charge in [0, 0.05) is 30.3 Å². The van der Waals surface area contributed by atoms with Crippen molar-refractivity contribution in [1.29, 1.82) is 0 Å². The summed E-state index contributed by atoms with van der Waals surface area (Å²) in [6.45, 7) is 5.28. The summed E-state index contributed by atoms with van der Waals surface area (Å²) in [6, 6.07) is 13.5. The van der Waals surface area contributed by atoms with Crippen LogP contribution in [0.5, 0.6) is 0 Å². The van der Waals surface area contributed by atoms with Gasteiger partial charge in [0.2, 0.25) is 5.91 Å². The first-order valence-corrected chi connectivity index (χ1v) is 14.2. The fourth-order valence-corrected chi connectivity index (χ4v) is 4.05. The quantitative estimate of drug-likeness (QED) is 0.0665. The number of rotatable bonds is 19. The third-order valence-electron chi connectivity index (χ3n) is 6.27. The fraction of sp³-hybridized carbons (Fsp3) is 0.467. The molecule has 0 aliphatic carbocycles. The average Bonchev–Trinajstić information content (AvgIpc) is 3.00. The van der Waals surface area contributed by atoms with Crippen molar-refractivity contribution in [3.63, 3.8) is 0 Å². The van der Waals surface area contributed by atoms with Gasteiger partial charge in [0.15, 0.2) is 0 Å². The lowest BCUT2D eigenvalue weighted by Gasteiger charge is -2.24. The number of hydroxylamine groups is 1. The maximum atomic E-state index is 12.7. The minimum atomic E-state index is -1.47. The predicted molar refractivity (Wildman–Crippen MR) is 158 cm³/mol. The summed E-state index contributed by atoms with van der Waals surface area (Å²) < 4.78 is 10.9. The van der Waals surface area contributed by atoms with Crippen molar-refractivity contribution in [2.24, 2.45) is 11.7 Å². The van der Waals surface area contributed by atoms with Gasteiger partial charge in [-0.15, -0.1) is 0 Å². The molecule has 13 nitrogen and oxygen atoms in total. The van der Waals surface area contributed by atoms with Gasteiger partial charge in [-0.1, -0.05) is 50.2 Å². The first-order chi connectivity index (χ1) is 20.6. The van der Waals surface area contributed by atoms with E-state index in [9.17, 15) is 24.3 Å². The van der Waals surface area contributed by atoms with Crippen LogP contribution in [-0.2, 0) is 25.5 Å². The van der Waals surface area contributed by atoms with Crippen LogP contribution in [0.3, 0.4) is 0 Å². The molecule has 3 atom stereocenters. The van der Waals surface area contributed by atoms with Gasteiger partial charge in [-0.3, -0.25) is 24.4 Å². The van der Waals surface area contributed by atoms with E-state index >= 15 is 0 Å². The van der Waals surface area contributed by atoms with Crippen molar-refractivity contribution in [3.05, 3.63) is 71.3 Å². The molecule has 2 aromatic carbocycles. The summed E-state index contributed by atoms with van der Waals surface area (Å²) in [4.78, 5) is 49.1. The largest absolute Gasteiger partial charge is 0.382 e. The van der Waals surface area contributed by atoms with Crippen LogP contribution in [0.4, 0.5) is 0 Å². The van der Waals surface area contributed by atoms with E-state index in [1.54, 1.807) is 6.07 Å². The summed E-state index contributed by atoms with van der Waals surface area (Å²) >= 11 is 0. The number of nitrogens with one attached hydrogen (secondary N) is 4. The Hall–Kier alpha value is -3.88. The molecule has 0 heterocycles. The highest BCUT2D eigenvalue weighted by atomic mass is 16.5. The van der Waals surface area contributed by atoms with Crippen LogP contribution in [0.25, 0.3) is 0 Å². The Bertz CT molecular complexity index is 1160. The second-order valence-corrected chi connectivity index (χ2v) is 10.3. The summed E-state index contributed by atoms with van der Waals surface area (Å²) in [7, 11) is 0. The molecule has 0 saturated carbocycles. The number of amides is 4. The molecule has 0 aliphatic heterocycles. The van der Waals surface area contributed by atoms with Crippen molar-refractivity contribution in [3.8, 4) is 0 Å². The fourth-order valence-electron chi connectivity index (χ4n) is 4.05. The highest BCUT2D eigenvalue weighted by Crippen LogP contribution is 2.09.